The van der Waals surface area contributed by atoms with Crippen molar-refractivity contribution in [1.29, 1.82) is 0 Å². The first-order valence-electron chi connectivity index (χ1n) is 6.84. The number of hydrogen-bond donors (Lipinski definition) is 1. The molecular formula is C15H24FNO. The number of hydrogen-bond acceptors (Lipinski definition) is 2. The molecule has 1 unspecified atom stereocenters. The molecule has 0 radical (unpaired) electrons. The molecule has 0 aromatic heterocycles. The van der Waals surface area contributed by atoms with Gasteiger partial charge in [0, 0.05) is 12.1 Å². The van der Waals surface area contributed by atoms with E-state index in [2.05, 4.69) is 19.2 Å². The molecule has 0 aliphatic carbocycles. The summed E-state index contributed by atoms with van der Waals surface area (Å²) < 4.78 is 18.4. The third-order valence-corrected chi connectivity index (χ3v) is 2.84. The summed E-state index contributed by atoms with van der Waals surface area (Å²) in [7, 11) is 0. The lowest BCUT2D eigenvalue weighted by molar-refractivity contribution is 0.300. The maximum Gasteiger partial charge on any atom is 0.126 e. The van der Waals surface area contributed by atoms with E-state index in [1.165, 1.54) is 18.6 Å². The maximum atomic E-state index is 12.9. The van der Waals surface area contributed by atoms with E-state index < -0.39 is 0 Å². The van der Waals surface area contributed by atoms with Gasteiger partial charge in [-0.1, -0.05) is 13.0 Å². The lowest BCUT2D eigenvalue weighted by Gasteiger charge is -2.12. The molecular weight excluding hydrogens is 229 g/mol. The minimum Gasteiger partial charge on any atom is -0.493 e. The Bertz CT molecular complexity index is 330. The Balaban J connectivity index is 2.05. The first kappa shape index (κ1) is 15.0. The molecule has 102 valence electrons. The predicted molar refractivity (Wildman–Crippen MR) is 73.5 cm³/mol. The van der Waals surface area contributed by atoms with E-state index in [0.717, 1.165) is 25.8 Å². The second kappa shape index (κ2) is 8.92. The minimum atomic E-state index is -0.245. The lowest BCUT2D eigenvalue weighted by atomic mass is 10.1. The Hall–Kier alpha value is -1.09. The third kappa shape index (κ3) is 6.60. The smallest absolute Gasteiger partial charge is 0.126 e. The van der Waals surface area contributed by atoms with E-state index in [9.17, 15) is 4.39 Å². The van der Waals surface area contributed by atoms with Crippen molar-refractivity contribution in [2.45, 2.75) is 45.6 Å². The fourth-order valence-electron chi connectivity index (χ4n) is 1.79. The van der Waals surface area contributed by atoms with Crippen LogP contribution in [0.4, 0.5) is 4.39 Å². The van der Waals surface area contributed by atoms with Crippen LogP contribution in [-0.4, -0.2) is 19.2 Å². The zero-order valence-electron chi connectivity index (χ0n) is 11.4. The average molecular weight is 253 g/mol. The van der Waals surface area contributed by atoms with Crippen LogP contribution >= 0.6 is 0 Å². The zero-order valence-corrected chi connectivity index (χ0v) is 11.4. The van der Waals surface area contributed by atoms with Crippen molar-refractivity contribution in [3.8, 4) is 5.75 Å². The average Bonchev–Trinajstić information content (AvgIpc) is 2.36. The molecule has 3 heteroatoms. The second-order valence-corrected chi connectivity index (χ2v) is 4.66. The van der Waals surface area contributed by atoms with Gasteiger partial charge < -0.3 is 10.1 Å². The van der Waals surface area contributed by atoms with Gasteiger partial charge in [-0.3, -0.25) is 0 Å². The van der Waals surface area contributed by atoms with Crippen LogP contribution in [0, 0.1) is 5.82 Å². The van der Waals surface area contributed by atoms with Gasteiger partial charge in [0.15, 0.2) is 0 Å². The molecule has 0 spiro atoms. The van der Waals surface area contributed by atoms with Gasteiger partial charge in [0.1, 0.15) is 11.6 Å². The van der Waals surface area contributed by atoms with Crippen LogP contribution in [0.3, 0.4) is 0 Å². The number of unbranched alkanes of at least 4 members (excludes halogenated alkanes) is 1. The van der Waals surface area contributed by atoms with Crippen molar-refractivity contribution in [3.63, 3.8) is 0 Å². The largest absolute Gasteiger partial charge is 0.493 e. The molecule has 1 N–H and O–H groups in total. The molecule has 1 rings (SSSR count). The molecule has 18 heavy (non-hydrogen) atoms. The van der Waals surface area contributed by atoms with Crippen LogP contribution in [0.1, 0.15) is 39.5 Å². The minimum absolute atomic E-state index is 0.245. The van der Waals surface area contributed by atoms with Gasteiger partial charge in [-0.15, -0.1) is 0 Å². The summed E-state index contributed by atoms with van der Waals surface area (Å²) in [6.07, 6.45) is 4.47. The van der Waals surface area contributed by atoms with Crippen LogP contribution in [0.5, 0.6) is 5.75 Å². The van der Waals surface area contributed by atoms with E-state index in [1.807, 2.05) is 0 Å². The molecule has 0 aliphatic heterocycles. The molecule has 0 saturated carbocycles. The summed E-state index contributed by atoms with van der Waals surface area (Å²) in [6, 6.07) is 6.87. The van der Waals surface area contributed by atoms with E-state index in [0.29, 0.717) is 18.4 Å². The lowest BCUT2D eigenvalue weighted by Crippen LogP contribution is -2.26. The molecule has 0 saturated heterocycles. The molecule has 0 bridgehead atoms. The van der Waals surface area contributed by atoms with E-state index in [-0.39, 0.29) is 5.82 Å². The monoisotopic (exact) mass is 253 g/mol. The molecule has 0 fully saturated rings. The highest BCUT2D eigenvalue weighted by molar-refractivity contribution is 5.22. The van der Waals surface area contributed by atoms with Gasteiger partial charge in [-0.2, -0.15) is 0 Å². The molecule has 2 nitrogen and oxygen atoms in total. The van der Waals surface area contributed by atoms with Crippen LogP contribution in [0.2, 0.25) is 0 Å². The van der Waals surface area contributed by atoms with Gasteiger partial charge in [-0.05, 0) is 51.3 Å². The van der Waals surface area contributed by atoms with Crippen LogP contribution < -0.4 is 10.1 Å². The highest BCUT2D eigenvalue weighted by Crippen LogP contribution is 2.12. The van der Waals surface area contributed by atoms with Gasteiger partial charge in [-0.25, -0.2) is 4.39 Å². The summed E-state index contributed by atoms with van der Waals surface area (Å²) in [5.41, 5.74) is 0. The summed E-state index contributed by atoms with van der Waals surface area (Å²) in [5.74, 6) is 0.372. The first-order chi connectivity index (χ1) is 8.72. The Kier molecular flexibility index (Phi) is 7.42. The van der Waals surface area contributed by atoms with Crippen molar-refractivity contribution in [1.82, 2.24) is 5.32 Å². The van der Waals surface area contributed by atoms with Crippen LogP contribution in [0.15, 0.2) is 24.3 Å². The van der Waals surface area contributed by atoms with Gasteiger partial charge in [0.2, 0.25) is 0 Å². The van der Waals surface area contributed by atoms with Crippen molar-refractivity contribution in [3.05, 3.63) is 30.1 Å². The Morgan fingerprint density at radius 3 is 2.89 bits per heavy atom. The van der Waals surface area contributed by atoms with Gasteiger partial charge in [0.05, 0.1) is 6.61 Å². The SMILES string of the molecule is CCCNC(C)CCCCOc1cccc(F)c1. The molecule has 0 heterocycles. The zero-order chi connectivity index (χ0) is 13.2. The quantitative estimate of drug-likeness (QED) is 0.676. The summed E-state index contributed by atoms with van der Waals surface area (Å²) in [6.45, 7) is 6.13. The molecule has 1 atom stereocenters. The van der Waals surface area contributed by atoms with Crippen molar-refractivity contribution in [2.75, 3.05) is 13.2 Å². The number of benzene rings is 1. The Morgan fingerprint density at radius 1 is 1.33 bits per heavy atom. The van der Waals surface area contributed by atoms with E-state index in [4.69, 9.17) is 4.74 Å². The summed E-state index contributed by atoms with van der Waals surface area (Å²) in [5, 5.41) is 3.46. The third-order valence-electron chi connectivity index (χ3n) is 2.84. The van der Waals surface area contributed by atoms with E-state index in [1.54, 1.807) is 12.1 Å². The highest BCUT2D eigenvalue weighted by atomic mass is 19.1. The van der Waals surface area contributed by atoms with Crippen LogP contribution in [-0.2, 0) is 0 Å². The topological polar surface area (TPSA) is 21.3 Å². The standard InChI is InChI=1S/C15H24FNO/c1-3-10-17-13(2)7-4-5-11-18-15-9-6-8-14(16)12-15/h6,8-9,12-13,17H,3-5,7,10-11H2,1-2H3. The van der Waals surface area contributed by atoms with Gasteiger partial charge >= 0.3 is 0 Å². The van der Waals surface area contributed by atoms with Crippen molar-refractivity contribution in [2.24, 2.45) is 0 Å². The predicted octanol–water partition coefficient (Wildman–Crippen LogP) is 3.76. The fraction of sp³-hybridized carbons (Fsp3) is 0.600. The summed E-state index contributed by atoms with van der Waals surface area (Å²) in [4.78, 5) is 0. The first-order valence-corrected chi connectivity index (χ1v) is 6.84. The fourth-order valence-corrected chi connectivity index (χ4v) is 1.79. The van der Waals surface area contributed by atoms with Crippen molar-refractivity contribution >= 4 is 0 Å². The number of ether oxygens (including phenoxy) is 1. The normalized spacial score (nSPS) is 12.4. The molecule has 0 aliphatic rings. The molecule has 1 aromatic rings. The van der Waals surface area contributed by atoms with E-state index >= 15 is 0 Å². The van der Waals surface area contributed by atoms with Crippen molar-refractivity contribution < 1.29 is 9.13 Å². The second-order valence-electron chi connectivity index (χ2n) is 4.66. The van der Waals surface area contributed by atoms with Crippen LogP contribution in [0.25, 0.3) is 0 Å². The maximum absolute atomic E-state index is 12.9. The Morgan fingerprint density at radius 2 is 2.17 bits per heavy atom. The number of nitrogens with one attached hydrogen (secondary N) is 1. The number of halogens is 1. The van der Waals surface area contributed by atoms with Gasteiger partial charge in [0.25, 0.3) is 0 Å². The highest BCUT2D eigenvalue weighted by Gasteiger charge is 2.00. The Labute approximate surface area is 110 Å². The molecule has 0 amide bonds. The summed E-state index contributed by atoms with van der Waals surface area (Å²) >= 11 is 0. The molecule has 1 aromatic carbocycles. The number of rotatable bonds is 9.